The number of hydrogen-bond donors (Lipinski definition) is 0. The van der Waals surface area contributed by atoms with Crippen LogP contribution in [-0.2, 0) is 9.53 Å². The number of methoxy groups -OCH3 is 1. The Bertz CT molecular complexity index is 699. The zero-order chi connectivity index (χ0) is 16.9. The van der Waals surface area contributed by atoms with Crippen LogP contribution in [0.5, 0.6) is 0 Å². The highest BCUT2D eigenvalue weighted by atomic mass is 16.5. The third kappa shape index (κ3) is 3.86. The Labute approximate surface area is 141 Å². The lowest BCUT2D eigenvalue weighted by atomic mass is 10.2. The third-order valence-corrected chi connectivity index (χ3v) is 4.04. The summed E-state index contributed by atoms with van der Waals surface area (Å²) in [5.41, 5.74) is 1.84. The fourth-order valence-electron chi connectivity index (χ4n) is 2.72. The predicted octanol–water partition coefficient (Wildman–Crippen LogP) is 1.14. The van der Waals surface area contributed by atoms with Crippen molar-refractivity contribution in [3.05, 3.63) is 36.3 Å². The number of piperazine rings is 1. The maximum Gasteiger partial charge on any atom is 0.319 e. The minimum absolute atomic E-state index is 0.194. The van der Waals surface area contributed by atoms with Gasteiger partial charge < -0.3 is 9.64 Å². The van der Waals surface area contributed by atoms with Gasteiger partial charge in [-0.3, -0.25) is 14.7 Å². The van der Waals surface area contributed by atoms with Crippen LogP contribution in [0.1, 0.15) is 5.69 Å². The standard InChI is InChI=1S/C17H21N5O2/c1-13-10-15(20-17(19-13)14-4-3-5-18-11-14)22-8-6-21(7-9-22)12-16(23)24-2/h3-5,10-11H,6-9,12H2,1-2H3. The Morgan fingerprint density at radius 3 is 2.71 bits per heavy atom. The predicted molar refractivity (Wildman–Crippen MR) is 90.7 cm³/mol. The molecule has 2 aromatic rings. The number of ether oxygens (including phenoxy) is 1. The highest BCUT2D eigenvalue weighted by Gasteiger charge is 2.21. The first-order valence-electron chi connectivity index (χ1n) is 7.96. The molecule has 0 aromatic carbocycles. The number of anilines is 1. The molecule has 0 bridgehead atoms. The lowest BCUT2D eigenvalue weighted by Crippen LogP contribution is -2.48. The highest BCUT2D eigenvalue weighted by molar-refractivity contribution is 5.71. The number of pyridine rings is 1. The molecule has 126 valence electrons. The lowest BCUT2D eigenvalue weighted by molar-refractivity contribution is -0.142. The van der Waals surface area contributed by atoms with Crippen molar-refractivity contribution in [1.82, 2.24) is 19.9 Å². The van der Waals surface area contributed by atoms with Crippen LogP contribution in [0.3, 0.4) is 0 Å². The van der Waals surface area contributed by atoms with Gasteiger partial charge in [0.2, 0.25) is 0 Å². The fourth-order valence-corrected chi connectivity index (χ4v) is 2.72. The summed E-state index contributed by atoms with van der Waals surface area (Å²) < 4.78 is 4.72. The van der Waals surface area contributed by atoms with E-state index in [1.165, 1.54) is 7.11 Å². The normalized spacial score (nSPS) is 15.3. The zero-order valence-electron chi connectivity index (χ0n) is 14.0. The molecule has 3 rings (SSSR count). The van der Waals surface area contributed by atoms with Gasteiger partial charge in [-0.15, -0.1) is 0 Å². The van der Waals surface area contributed by atoms with Gasteiger partial charge in [0.05, 0.1) is 13.7 Å². The number of aryl methyl sites for hydroxylation is 1. The molecule has 0 spiro atoms. The second-order valence-corrected chi connectivity index (χ2v) is 5.77. The van der Waals surface area contributed by atoms with Gasteiger partial charge in [-0.2, -0.15) is 0 Å². The monoisotopic (exact) mass is 327 g/mol. The Kier molecular flexibility index (Phi) is 5.00. The Morgan fingerprint density at radius 1 is 1.25 bits per heavy atom. The van der Waals surface area contributed by atoms with Crippen LogP contribution >= 0.6 is 0 Å². The number of rotatable bonds is 4. The number of nitrogens with zero attached hydrogens (tertiary/aromatic N) is 5. The molecule has 0 amide bonds. The van der Waals surface area contributed by atoms with E-state index in [4.69, 9.17) is 9.72 Å². The van der Waals surface area contributed by atoms with Crippen molar-refractivity contribution in [1.29, 1.82) is 0 Å². The second kappa shape index (κ2) is 7.35. The van der Waals surface area contributed by atoms with E-state index in [1.807, 2.05) is 25.1 Å². The molecule has 1 fully saturated rings. The summed E-state index contributed by atoms with van der Waals surface area (Å²) in [6.45, 7) is 5.56. The molecule has 0 aliphatic carbocycles. The molecule has 2 aromatic heterocycles. The molecule has 1 aliphatic heterocycles. The first kappa shape index (κ1) is 16.3. The van der Waals surface area contributed by atoms with E-state index in [1.54, 1.807) is 12.4 Å². The topological polar surface area (TPSA) is 71.5 Å². The Balaban J connectivity index is 1.72. The van der Waals surface area contributed by atoms with E-state index in [-0.39, 0.29) is 5.97 Å². The van der Waals surface area contributed by atoms with Crippen LogP contribution in [0.2, 0.25) is 0 Å². The minimum atomic E-state index is -0.194. The van der Waals surface area contributed by atoms with Gasteiger partial charge in [0.15, 0.2) is 5.82 Å². The second-order valence-electron chi connectivity index (χ2n) is 5.77. The van der Waals surface area contributed by atoms with Crippen molar-refractivity contribution < 1.29 is 9.53 Å². The molecular formula is C17H21N5O2. The van der Waals surface area contributed by atoms with E-state index < -0.39 is 0 Å². The van der Waals surface area contributed by atoms with Crippen molar-refractivity contribution in [3.63, 3.8) is 0 Å². The van der Waals surface area contributed by atoms with Crippen LogP contribution in [0.25, 0.3) is 11.4 Å². The largest absolute Gasteiger partial charge is 0.468 e. The molecule has 0 unspecified atom stereocenters. The molecule has 0 saturated carbocycles. The van der Waals surface area contributed by atoms with E-state index in [2.05, 4.69) is 19.8 Å². The molecule has 7 heteroatoms. The van der Waals surface area contributed by atoms with Crippen LogP contribution < -0.4 is 4.90 Å². The van der Waals surface area contributed by atoms with Crippen LogP contribution in [0, 0.1) is 6.92 Å². The number of esters is 1. The van der Waals surface area contributed by atoms with Gasteiger partial charge >= 0.3 is 5.97 Å². The zero-order valence-corrected chi connectivity index (χ0v) is 14.0. The molecule has 7 nitrogen and oxygen atoms in total. The minimum Gasteiger partial charge on any atom is -0.468 e. The Morgan fingerprint density at radius 2 is 2.04 bits per heavy atom. The summed E-state index contributed by atoms with van der Waals surface area (Å²) in [7, 11) is 1.42. The molecule has 24 heavy (non-hydrogen) atoms. The summed E-state index contributed by atoms with van der Waals surface area (Å²) in [6, 6.07) is 5.84. The number of hydrogen-bond acceptors (Lipinski definition) is 7. The van der Waals surface area contributed by atoms with Gasteiger partial charge in [-0.05, 0) is 19.1 Å². The number of aromatic nitrogens is 3. The van der Waals surface area contributed by atoms with Gasteiger partial charge in [0, 0.05) is 55.9 Å². The lowest BCUT2D eigenvalue weighted by Gasteiger charge is -2.34. The van der Waals surface area contributed by atoms with Crippen LogP contribution in [0.15, 0.2) is 30.6 Å². The third-order valence-electron chi connectivity index (χ3n) is 4.04. The van der Waals surface area contributed by atoms with Gasteiger partial charge in [-0.25, -0.2) is 9.97 Å². The van der Waals surface area contributed by atoms with Gasteiger partial charge in [-0.1, -0.05) is 0 Å². The summed E-state index contributed by atoms with van der Waals surface area (Å²) in [4.78, 5) is 29.0. The highest BCUT2D eigenvalue weighted by Crippen LogP contribution is 2.20. The summed E-state index contributed by atoms with van der Waals surface area (Å²) in [5, 5.41) is 0. The Hall–Kier alpha value is -2.54. The van der Waals surface area contributed by atoms with E-state index in [0.717, 1.165) is 43.3 Å². The maximum atomic E-state index is 11.4. The van der Waals surface area contributed by atoms with Gasteiger partial charge in [0.1, 0.15) is 5.82 Å². The number of carbonyl (C=O) groups is 1. The van der Waals surface area contributed by atoms with E-state index in [9.17, 15) is 4.79 Å². The first-order chi connectivity index (χ1) is 11.7. The fraction of sp³-hybridized carbons (Fsp3) is 0.412. The van der Waals surface area contributed by atoms with Gasteiger partial charge in [0.25, 0.3) is 0 Å². The van der Waals surface area contributed by atoms with Crippen molar-refractivity contribution in [3.8, 4) is 11.4 Å². The van der Waals surface area contributed by atoms with Crippen molar-refractivity contribution >= 4 is 11.8 Å². The molecular weight excluding hydrogens is 306 g/mol. The summed E-state index contributed by atoms with van der Waals surface area (Å²) >= 11 is 0. The summed E-state index contributed by atoms with van der Waals surface area (Å²) in [5.74, 6) is 1.41. The molecule has 3 heterocycles. The molecule has 0 N–H and O–H groups in total. The average Bonchev–Trinajstić information content (AvgIpc) is 2.62. The summed E-state index contributed by atoms with van der Waals surface area (Å²) in [6.07, 6.45) is 3.51. The number of carbonyl (C=O) groups excluding carboxylic acids is 1. The van der Waals surface area contributed by atoms with Crippen molar-refractivity contribution in [2.75, 3.05) is 44.7 Å². The first-order valence-corrected chi connectivity index (χ1v) is 7.96. The smallest absolute Gasteiger partial charge is 0.319 e. The molecule has 1 saturated heterocycles. The molecule has 0 radical (unpaired) electrons. The SMILES string of the molecule is COC(=O)CN1CCN(c2cc(C)nc(-c3cccnc3)n2)CC1. The maximum absolute atomic E-state index is 11.4. The molecule has 1 aliphatic rings. The molecule has 0 atom stereocenters. The quantitative estimate of drug-likeness (QED) is 0.780. The van der Waals surface area contributed by atoms with Crippen molar-refractivity contribution in [2.24, 2.45) is 0 Å². The van der Waals surface area contributed by atoms with Crippen LogP contribution in [0.4, 0.5) is 5.82 Å². The average molecular weight is 327 g/mol. The van der Waals surface area contributed by atoms with Crippen molar-refractivity contribution in [2.45, 2.75) is 6.92 Å². The van der Waals surface area contributed by atoms with E-state index >= 15 is 0 Å². The van der Waals surface area contributed by atoms with E-state index in [0.29, 0.717) is 12.4 Å². The van der Waals surface area contributed by atoms with Crippen LogP contribution in [-0.4, -0.2) is 65.7 Å².